The summed E-state index contributed by atoms with van der Waals surface area (Å²) in [6.07, 6.45) is 5.34. The van der Waals surface area contributed by atoms with Crippen LogP contribution in [0.5, 0.6) is 5.75 Å². The van der Waals surface area contributed by atoms with Crippen molar-refractivity contribution in [1.82, 2.24) is 20.1 Å². The number of nitrogens with one attached hydrogen (secondary N) is 2. The minimum absolute atomic E-state index is 0.144. The van der Waals surface area contributed by atoms with Crippen LogP contribution in [0.15, 0.2) is 42.6 Å². The molecule has 0 bridgehead atoms. The number of hydrogen-bond donors (Lipinski definition) is 2. The molecule has 10 nitrogen and oxygen atoms in total. The zero-order valence-corrected chi connectivity index (χ0v) is 27.0. The van der Waals surface area contributed by atoms with Gasteiger partial charge in [0.05, 0.1) is 18.2 Å². The number of ether oxygens (including phenoxy) is 2. The number of carbonyl (C=O) groups is 4. The van der Waals surface area contributed by atoms with Crippen LogP contribution in [0.2, 0.25) is 0 Å². The Balaban J connectivity index is 1.27. The lowest BCUT2D eigenvalue weighted by Gasteiger charge is -2.32. The number of amides is 3. The van der Waals surface area contributed by atoms with E-state index in [0.29, 0.717) is 53.7 Å². The monoisotopic (exact) mass is 634 g/mol. The number of benzene rings is 2. The lowest BCUT2D eigenvalue weighted by atomic mass is 9.90. The number of piperidine rings is 1. The number of carbonyl (C=O) groups excluding carboxylic acids is 4. The second kappa shape index (κ2) is 13.9. The van der Waals surface area contributed by atoms with Crippen LogP contribution >= 0.6 is 0 Å². The van der Waals surface area contributed by atoms with Gasteiger partial charge in [-0.25, -0.2) is 9.18 Å². The number of likely N-dealkylation sites (tertiary alicyclic amines) is 1. The first-order valence-electron chi connectivity index (χ1n) is 15.9. The van der Waals surface area contributed by atoms with Crippen molar-refractivity contribution < 1.29 is 33.0 Å². The molecule has 0 radical (unpaired) electrons. The van der Waals surface area contributed by atoms with Crippen LogP contribution in [-0.2, 0) is 16.0 Å². The van der Waals surface area contributed by atoms with Gasteiger partial charge < -0.3 is 29.6 Å². The molecular formula is C35H43FN4O6. The predicted octanol–water partition coefficient (Wildman–Crippen LogP) is 5.36. The summed E-state index contributed by atoms with van der Waals surface area (Å²) in [5.74, 6) is -0.712. The van der Waals surface area contributed by atoms with Crippen molar-refractivity contribution >= 4 is 34.6 Å². The van der Waals surface area contributed by atoms with Crippen LogP contribution in [-0.4, -0.2) is 83.9 Å². The Hall–Kier alpha value is -4.41. The van der Waals surface area contributed by atoms with E-state index in [-0.39, 0.29) is 30.4 Å². The molecule has 3 aromatic rings. The fourth-order valence-corrected chi connectivity index (χ4v) is 5.89. The lowest BCUT2D eigenvalue weighted by molar-refractivity contribution is -0.126. The largest absolute Gasteiger partial charge is 0.496 e. The number of Topliss-reactive ketones (excluding diaryl/α,β-unsaturated/α-hetero) is 1. The molecule has 0 unspecified atom stereocenters. The first kappa shape index (κ1) is 33.0. The molecule has 1 saturated heterocycles. The molecule has 11 heteroatoms. The molecule has 46 heavy (non-hydrogen) atoms. The number of ketones is 1. The molecule has 1 aliphatic heterocycles. The molecule has 2 aromatic carbocycles. The molecule has 0 spiro atoms. The normalized spacial score (nSPS) is 15.5. The number of hydrogen-bond acceptors (Lipinski definition) is 6. The Labute approximate surface area is 268 Å². The average Bonchev–Trinajstić information content (AvgIpc) is 3.75. The van der Waals surface area contributed by atoms with E-state index in [2.05, 4.69) is 10.3 Å². The SMILES string of the molecule is COc1cc2[nH]cc(C(=O)C(=O)N(CCNC(=O)OC(C)(C)C)CC3CC3)c2cc1C(=O)N1CCC(Cc2ccc(F)cc2)CC1. The van der Waals surface area contributed by atoms with Crippen LogP contribution in [0, 0.1) is 17.7 Å². The average molecular weight is 635 g/mol. The number of aromatic amines is 1. The number of fused-ring (bicyclic) bond motifs is 1. The number of nitrogens with zero attached hydrogens (tertiary/aromatic N) is 2. The quantitative estimate of drug-likeness (QED) is 0.217. The number of halogens is 1. The highest BCUT2D eigenvalue weighted by Gasteiger charge is 2.32. The van der Waals surface area contributed by atoms with Gasteiger partial charge in [-0.15, -0.1) is 0 Å². The van der Waals surface area contributed by atoms with Crippen molar-refractivity contribution in [3.05, 3.63) is 65.1 Å². The summed E-state index contributed by atoms with van der Waals surface area (Å²) >= 11 is 0. The molecule has 246 valence electrons. The van der Waals surface area contributed by atoms with Gasteiger partial charge in [-0.3, -0.25) is 14.4 Å². The second-order valence-corrected chi connectivity index (χ2v) is 13.3. The summed E-state index contributed by atoms with van der Waals surface area (Å²) in [6, 6.07) is 9.86. The molecule has 1 aliphatic carbocycles. The summed E-state index contributed by atoms with van der Waals surface area (Å²) in [5.41, 5.74) is 1.50. The highest BCUT2D eigenvalue weighted by atomic mass is 19.1. The Morgan fingerprint density at radius 2 is 1.70 bits per heavy atom. The lowest BCUT2D eigenvalue weighted by Crippen LogP contribution is -2.43. The van der Waals surface area contributed by atoms with Crippen LogP contribution < -0.4 is 10.1 Å². The maximum absolute atomic E-state index is 13.7. The Bertz CT molecular complexity index is 1580. The first-order valence-corrected chi connectivity index (χ1v) is 15.9. The molecule has 2 fully saturated rings. The standard InChI is InChI=1S/C35H43FN4O6/c1-35(2,3)46-34(44)37-13-16-40(21-24-5-6-24)33(43)31(41)28-20-38-29-19-30(45-4)27(18-26(28)29)32(42)39-14-11-23(12-15-39)17-22-7-9-25(36)10-8-22/h7-10,18-20,23-24,38H,5-6,11-17,21H2,1-4H3,(H,37,44). The van der Waals surface area contributed by atoms with Gasteiger partial charge >= 0.3 is 6.09 Å². The van der Waals surface area contributed by atoms with Crippen LogP contribution in [0.25, 0.3) is 10.9 Å². The van der Waals surface area contributed by atoms with Gasteiger partial charge in [0.2, 0.25) is 0 Å². The summed E-state index contributed by atoms with van der Waals surface area (Å²) in [6.45, 7) is 7.17. The molecule has 2 aliphatic rings. The van der Waals surface area contributed by atoms with E-state index in [4.69, 9.17) is 9.47 Å². The van der Waals surface area contributed by atoms with E-state index in [1.54, 1.807) is 49.9 Å². The molecule has 2 N–H and O–H groups in total. The summed E-state index contributed by atoms with van der Waals surface area (Å²) < 4.78 is 24.1. The summed E-state index contributed by atoms with van der Waals surface area (Å²) in [5, 5.41) is 3.12. The highest BCUT2D eigenvalue weighted by Crippen LogP contribution is 2.32. The number of H-pyrrole nitrogens is 1. The summed E-state index contributed by atoms with van der Waals surface area (Å²) in [7, 11) is 1.49. The third-order valence-corrected chi connectivity index (χ3v) is 8.52. The van der Waals surface area contributed by atoms with Crippen molar-refractivity contribution in [2.24, 2.45) is 11.8 Å². The molecule has 0 atom stereocenters. The second-order valence-electron chi connectivity index (χ2n) is 13.3. The van der Waals surface area contributed by atoms with E-state index >= 15 is 0 Å². The van der Waals surface area contributed by atoms with Crippen molar-refractivity contribution in [2.45, 2.75) is 58.5 Å². The zero-order chi connectivity index (χ0) is 33.0. The minimum atomic E-state index is -0.686. The smallest absolute Gasteiger partial charge is 0.407 e. The molecule has 5 rings (SSSR count). The molecule has 3 amide bonds. The number of methoxy groups -OCH3 is 1. The minimum Gasteiger partial charge on any atom is -0.496 e. The number of rotatable bonds is 11. The van der Waals surface area contributed by atoms with Gasteiger partial charge in [-0.1, -0.05) is 12.1 Å². The fourth-order valence-electron chi connectivity index (χ4n) is 5.89. The predicted molar refractivity (Wildman–Crippen MR) is 171 cm³/mol. The Morgan fingerprint density at radius 1 is 1.00 bits per heavy atom. The van der Waals surface area contributed by atoms with Crippen molar-refractivity contribution in [3.8, 4) is 5.75 Å². The molecule has 1 aromatic heterocycles. The summed E-state index contributed by atoms with van der Waals surface area (Å²) in [4.78, 5) is 59.3. The number of alkyl carbamates (subject to hydrolysis) is 1. The first-order chi connectivity index (χ1) is 21.9. The van der Waals surface area contributed by atoms with Gasteiger partial charge in [-0.2, -0.15) is 0 Å². The van der Waals surface area contributed by atoms with Crippen molar-refractivity contribution in [1.29, 1.82) is 0 Å². The van der Waals surface area contributed by atoms with Gasteiger partial charge in [0.15, 0.2) is 0 Å². The third-order valence-electron chi connectivity index (χ3n) is 8.52. The zero-order valence-electron chi connectivity index (χ0n) is 27.0. The van der Waals surface area contributed by atoms with Crippen molar-refractivity contribution in [3.63, 3.8) is 0 Å². The fraction of sp³-hybridized carbons (Fsp3) is 0.486. The van der Waals surface area contributed by atoms with Gasteiger partial charge in [-0.05, 0) is 88.5 Å². The third kappa shape index (κ3) is 8.24. The van der Waals surface area contributed by atoms with E-state index < -0.39 is 23.4 Å². The molecule has 2 heterocycles. The Morgan fingerprint density at radius 3 is 2.33 bits per heavy atom. The topological polar surface area (TPSA) is 121 Å². The van der Waals surface area contributed by atoms with E-state index in [9.17, 15) is 23.6 Å². The maximum atomic E-state index is 13.7. The van der Waals surface area contributed by atoms with Gasteiger partial charge in [0.1, 0.15) is 17.2 Å². The maximum Gasteiger partial charge on any atom is 0.407 e. The Kier molecular flexibility index (Phi) is 9.98. The van der Waals surface area contributed by atoms with E-state index in [1.165, 1.54) is 30.3 Å². The highest BCUT2D eigenvalue weighted by molar-refractivity contribution is 6.45. The van der Waals surface area contributed by atoms with Gasteiger partial charge in [0, 0.05) is 55.9 Å². The van der Waals surface area contributed by atoms with Gasteiger partial charge in [0.25, 0.3) is 17.6 Å². The van der Waals surface area contributed by atoms with Crippen LogP contribution in [0.4, 0.5) is 9.18 Å². The van der Waals surface area contributed by atoms with Crippen LogP contribution in [0.1, 0.15) is 72.7 Å². The molecular weight excluding hydrogens is 591 g/mol. The van der Waals surface area contributed by atoms with E-state index in [0.717, 1.165) is 37.7 Å². The van der Waals surface area contributed by atoms with Crippen LogP contribution in [0.3, 0.4) is 0 Å². The molecule has 1 saturated carbocycles. The van der Waals surface area contributed by atoms with Crippen molar-refractivity contribution in [2.75, 3.05) is 39.8 Å². The number of aromatic nitrogens is 1. The van der Waals surface area contributed by atoms with E-state index in [1.807, 2.05) is 0 Å².